The topological polar surface area (TPSA) is 160 Å². The van der Waals surface area contributed by atoms with Gasteiger partial charge in [-0.1, -0.05) is 35.3 Å². The monoisotopic (exact) mass is 1050 g/mol. The molecule has 2 aliphatic rings. The lowest BCUT2D eigenvalue weighted by molar-refractivity contribution is -0.158. The molecule has 15 nitrogen and oxygen atoms in total. The Balaban J connectivity index is 0.000000141. The fraction of sp³-hybridized carbons (Fsp3) is 0.271. The highest BCUT2D eigenvalue weighted by atomic mass is 35.5. The number of aldehydes is 1. The summed E-state index contributed by atoms with van der Waals surface area (Å²) >= 11 is 11.4. The molecule has 0 amide bonds. The standard InChI is InChI=1S/C24H20ClF4N7.C16H16F3N5.C8H4ClFN2O/c25-18-5-6-34-13-31-19(22(34)21(18)26)8-30-23(24(27,28)29)16-7-32-36(10-16)12-17-11-35-9-15(14-1-2-14)3-4-20(35)33-17;17-16(18,19)15(20)12-5-21-24(7-12)9-13-8-23-6-11(10-1-2-10)3-4-14(23)22-13;9-5-1-2-12-4-11-6(3-13)8(12)7(5)10/h3-7,9-11,13-14,23,30H,1-2,8,12H2;3-8,10,15H,1-2,9,20H2;1-4H. The van der Waals surface area contributed by atoms with E-state index in [1.165, 1.54) is 105 Å². The van der Waals surface area contributed by atoms with Crippen molar-refractivity contribution >= 4 is 51.8 Å². The van der Waals surface area contributed by atoms with Crippen molar-refractivity contribution < 1.29 is 39.9 Å². The third-order valence-corrected chi connectivity index (χ3v) is 12.9. The number of nitrogens with one attached hydrogen (secondary N) is 1. The molecule has 0 saturated heterocycles. The molecule has 10 heterocycles. The van der Waals surface area contributed by atoms with Gasteiger partial charge in [-0.2, -0.15) is 36.5 Å². The molecule has 0 aliphatic heterocycles. The Morgan fingerprint density at radius 2 is 1.16 bits per heavy atom. The number of nitrogens with zero attached hydrogens (tertiary/aromatic N) is 12. The van der Waals surface area contributed by atoms with Gasteiger partial charge < -0.3 is 23.3 Å². The molecule has 2 aliphatic carbocycles. The van der Waals surface area contributed by atoms with Gasteiger partial charge in [-0.15, -0.1) is 0 Å². The van der Waals surface area contributed by atoms with E-state index in [1.807, 2.05) is 33.3 Å². The number of carbonyl (C=O) groups excluding carboxylic acids is 1. The van der Waals surface area contributed by atoms with E-state index in [-0.39, 0.29) is 56.7 Å². The first-order valence-corrected chi connectivity index (χ1v) is 23.3. The average Bonchev–Trinajstić information content (AvgIpc) is 3.95. The first kappa shape index (κ1) is 49.4. The smallest absolute Gasteiger partial charge is 0.316 e. The van der Waals surface area contributed by atoms with Gasteiger partial charge >= 0.3 is 12.4 Å². The van der Waals surface area contributed by atoms with Gasteiger partial charge in [0.25, 0.3) is 0 Å². The highest BCUT2D eigenvalue weighted by Crippen LogP contribution is 2.41. The van der Waals surface area contributed by atoms with Crippen LogP contribution in [-0.4, -0.2) is 75.7 Å². The van der Waals surface area contributed by atoms with Crippen molar-refractivity contribution in [1.82, 2.24) is 62.4 Å². The van der Waals surface area contributed by atoms with Crippen molar-refractivity contribution in [2.45, 2.75) is 81.6 Å². The molecule has 0 aromatic carbocycles. The van der Waals surface area contributed by atoms with E-state index in [0.29, 0.717) is 30.4 Å². The SMILES string of the molecule is Fc1c(Cl)ccn2cnc(CNC(c3cnn(Cc4cn5cc(C6CC6)ccc5n4)c3)C(F)(F)F)c12.NC(c1cnn(Cc2cn3cc(C4CC4)ccc3n2)c1)C(F)(F)F.O=Cc1ncn2ccc(Cl)c(F)c12. The molecule has 0 bridgehead atoms. The number of pyridine rings is 4. The molecular weight excluding hydrogens is 1010 g/mol. The first-order chi connectivity index (χ1) is 34.9. The zero-order valence-electron chi connectivity index (χ0n) is 37.9. The first-order valence-electron chi connectivity index (χ1n) is 22.6. The molecule has 10 aromatic rings. The molecular formula is C48H40Cl2F8N14O. The van der Waals surface area contributed by atoms with Crippen LogP contribution in [0.15, 0.2) is 111 Å². The van der Waals surface area contributed by atoms with E-state index < -0.39 is 36.1 Å². The summed E-state index contributed by atoms with van der Waals surface area (Å²) in [5.74, 6) is -0.0996. The number of rotatable bonds is 12. The molecule has 12 rings (SSSR count). The highest BCUT2D eigenvalue weighted by molar-refractivity contribution is 6.31. The van der Waals surface area contributed by atoms with Crippen LogP contribution in [0.5, 0.6) is 0 Å². The largest absolute Gasteiger partial charge is 0.408 e. The third kappa shape index (κ3) is 10.8. The second-order valence-electron chi connectivity index (χ2n) is 17.7. The Morgan fingerprint density at radius 1 is 0.658 bits per heavy atom. The van der Waals surface area contributed by atoms with Crippen molar-refractivity contribution in [2.75, 3.05) is 0 Å². The maximum atomic E-state index is 14.5. The fourth-order valence-corrected chi connectivity index (χ4v) is 8.61. The summed E-state index contributed by atoms with van der Waals surface area (Å²) in [5.41, 5.74) is 11.0. The van der Waals surface area contributed by atoms with Crippen LogP contribution in [0.3, 0.4) is 0 Å². The second-order valence-corrected chi connectivity index (χ2v) is 18.5. The predicted molar refractivity (Wildman–Crippen MR) is 251 cm³/mol. The van der Waals surface area contributed by atoms with E-state index in [0.717, 1.165) is 23.2 Å². The highest BCUT2D eigenvalue weighted by Gasteiger charge is 2.42. The normalized spacial score (nSPS) is 14.9. The summed E-state index contributed by atoms with van der Waals surface area (Å²) in [6.07, 6.45) is 14.8. The maximum Gasteiger partial charge on any atom is 0.408 e. The predicted octanol–water partition coefficient (Wildman–Crippen LogP) is 10.2. The quantitative estimate of drug-likeness (QED) is 0.0897. The summed E-state index contributed by atoms with van der Waals surface area (Å²) in [6, 6.07) is 6.78. The Hall–Kier alpha value is -7.21. The van der Waals surface area contributed by atoms with Gasteiger partial charge in [0.05, 0.1) is 58.9 Å². The van der Waals surface area contributed by atoms with Crippen molar-refractivity contribution in [3.63, 3.8) is 0 Å². The number of hydrogen-bond acceptors (Lipinski definition) is 9. The van der Waals surface area contributed by atoms with E-state index in [4.69, 9.17) is 28.9 Å². The Labute approximate surface area is 417 Å². The molecule has 3 N–H and O–H groups in total. The van der Waals surface area contributed by atoms with Crippen LogP contribution >= 0.6 is 23.2 Å². The van der Waals surface area contributed by atoms with Crippen molar-refractivity contribution in [1.29, 1.82) is 0 Å². The maximum absolute atomic E-state index is 14.5. The molecule has 0 spiro atoms. The van der Waals surface area contributed by atoms with Crippen LogP contribution < -0.4 is 11.1 Å². The lowest BCUT2D eigenvalue weighted by atomic mass is 10.1. The van der Waals surface area contributed by atoms with Crippen LogP contribution in [0.2, 0.25) is 10.0 Å². The van der Waals surface area contributed by atoms with Crippen molar-refractivity contribution in [2.24, 2.45) is 5.73 Å². The number of alkyl halides is 6. The zero-order valence-corrected chi connectivity index (χ0v) is 39.4. The molecule has 2 fully saturated rings. The van der Waals surface area contributed by atoms with E-state index >= 15 is 0 Å². The number of carbonyl (C=O) groups is 1. The van der Waals surface area contributed by atoms with Crippen molar-refractivity contribution in [3.8, 4) is 0 Å². The van der Waals surface area contributed by atoms with Gasteiger partial charge in [0.1, 0.15) is 46.4 Å². The van der Waals surface area contributed by atoms with Crippen LogP contribution in [-0.2, 0) is 19.6 Å². The summed E-state index contributed by atoms with van der Waals surface area (Å²) in [5, 5.41) is 10.4. The Bertz CT molecular complexity index is 3620. The second kappa shape index (κ2) is 19.7. The summed E-state index contributed by atoms with van der Waals surface area (Å²) < 4.78 is 117. The number of hydrogen-bond donors (Lipinski definition) is 2. The fourth-order valence-electron chi connectivity index (χ4n) is 8.32. The average molecular weight is 1050 g/mol. The Kier molecular flexibility index (Phi) is 13.3. The lowest BCUT2D eigenvalue weighted by Crippen LogP contribution is -2.33. The van der Waals surface area contributed by atoms with Crippen LogP contribution in [0, 0.1) is 11.6 Å². The van der Waals surface area contributed by atoms with Crippen LogP contribution in [0.1, 0.15) is 99.4 Å². The van der Waals surface area contributed by atoms with E-state index in [1.54, 1.807) is 6.20 Å². The van der Waals surface area contributed by atoms with Crippen LogP contribution in [0.4, 0.5) is 35.1 Å². The number of halogens is 10. The molecule has 25 heteroatoms. The number of aromatic nitrogens is 12. The lowest BCUT2D eigenvalue weighted by Gasteiger charge is -2.20. The minimum atomic E-state index is -4.61. The summed E-state index contributed by atoms with van der Waals surface area (Å²) in [4.78, 5) is 27.3. The zero-order chi connectivity index (χ0) is 51.3. The van der Waals surface area contributed by atoms with Gasteiger partial charge in [0.2, 0.25) is 0 Å². The number of nitrogens with two attached hydrogens (primary N) is 1. The minimum absolute atomic E-state index is 0.0175. The van der Waals surface area contributed by atoms with E-state index in [2.05, 4.69) is 60.0 Å². The summed E-state index contributed by atoms with van der Waals surface area (Å²) in [7, 11) is 0. The molecule has 73 heavy (non-hydrogen) atoms. The molecule has 0 radical (unpaired) electrons. The van der Waals surface area contributed by atoms with E-state index in [9.17, 15) is 39.9 Å². The van der Waals surface area contributed by atoms with Gasteiger partial charge in [-0.3, -0.25) is 19.5 Å². The van der Waals surface area contributed by atoms with Gasteiger partial charge in [-0.25, -0.2) is 28.7 Å². The molecule has 378 valence electrons. The molecule has 2 atom stereocenters. The number of imidazole rings is 4. The van der Waals surface area contributed by atoms with Crippen LogP contribution in [0.25, 0.3) is 22.3 Å². The van der Waals surface area contributed by atoms with Crippen molar-refractivity contribution in [3.05, 3.63) is 178 Å². The minimum Gasteiger partial charge on any atom is -0.316 e. The molecule has 2 saturated carbocycles. The van der Waals surface area contributed by atoms with Gasteiger partial charge in [0.15, 0.2) is 17.9 Å². The van der Waals surface area contributed by atoms with Gasteiger partial charge in [-0.05, 0) is 72.9 Å². The molecule has 2 unspecified atom stereocenters. The van der Waals surface area contributed by atoms with Gasteiger partial charge in [0, 0.05) is 67.2 Å². The third-order valence-electron chi connectivity index (χ3n) is 12.3. The Morgan fingerprint density at radius 3 is 1.68 bits per heavy atom. The number of fused-ring (bicyclic) bond motifs is 4. The molecule has 10 aromatic heterocycles. The summed E-state index contributed by atoms with van der Waals surface area (Å²) in [6.45, 7) is 0.199.